The van der Waals surface area contributed by atoms with E-state index in [2.05, 4.69) is 34.1 Å². The van der Waals surface area contributed by atoms with Gasteiger partial charge in [0.25, 0.3) is 0 Å². The van der Waals surface area contributed by atoms with E-state index >= 15 is 0 Å². The molecule has 0 amide bonds. The van der Waals surface area contributed by atoms with Crippen molar-refractivity contribution in [2.75, 3.05) is 36.8 Å². The third kappa shape index (κ3) is 4.52. The van der Waals surface area contributed by atoms with Gasteiger partial charge in [0, 0.05) is 25.8 Å². The molecule has 0 radical (unpaired) electrons. The van der Waals surface area contributed by atoms with Crippen molar-refractivity contribution in [2.45, 2.75) is 31.5 Å². The summed E-state index contributed by atoms with van der Waals surface area (Å²) in [5.74, 6) is 6.96. The molecular formula is C12H23N5OS. The number of rotatable bonds is 8. The molecule has 0 bridgehead atoms. The number of nitrogens with one attached hydrogen (secondary N) is 1. The van der Waals surface area contributed by atoms with E-state index in [-0.39, 0.29) is 0 Å². The fourth-order valence-electron chi connectivity index (χ4n) is 1.70. The van der Waals surface area contributed by atoms with Crippen molar-refractivity contribution in [2.24, 2.45) is 5.84 Å². The molecule has 6 nitrogen and oxygen atoms in total. The molecule has 0 aliphatic carbocycles. The zero-order chi connectivity index (χ0) is 14.3. The number of methoxy groups -OCH3 is 1. The number of anilines is 2. The predicted molar refractivity (Wildman–Crippen MR) is 80.6 cm³/mol. The van der Waals surface area contributed by atoms with Gasteiger partial charge in [-0.3, -0.25) is 0 Å². The maximum Gasteiger partial charge on any atom is 0.191 e. The minimum atomic E-state index is 0.380. The summed E-state index contributed by atoms with van der Waals surface area (Å²) in [6.45, 7) is 5.78. The Bertz CT molecular complexity index is 368. The van der Waals surface area contributed by atoms with Gasteiger partial charge in [0.2, 0.25) is 0 Å². The number of hydrazine groups is 1. The van der Waals surface area contributed by atoms with Crippen LogP contribution in [-0.4, -0.2) is 42.5 Å². The number of ether oxygens (including phenoxy) is 1. The topological polar surface area (TPSA) is 76.3 Å². The number of thioether (sulfide) groups is 1. The number of hydrogen-bond donors (Lipinski definition) is 2. The van der Waals surface area contributed by atoms with Crippen LogP contribution in [0.1, 0.15) is 20.3 Å². The van der Waals surface area contributed by atoms with Crippen molar-refractivity contribution >= 4 is 23.4 Å². The first-order valence-electron chi connectivity index (χ1n) is 6.31. The summed E-state index contributed by atoms with van der Waals surface area (Å²) in [5.41, 5.74) is 2.59. The normalized spacial score (nSPS) is 12.3. The number of nitrogens with two attached hydrogens (primary N) is 1. The molecule has 0 saturated carbocycles. The van der Waals surface area contributed by atoms with Gasteiger partial charge in [0.05, 0.1) is 6.61 Å². The molecule has 0 aliphatic rings. The highest BCUT2D eigenvalue weighted by atomic mass is 32.2. The monoisotopic (exact) mass is 285 g/mol. The van der Waals surface area contributed by atoms with Gasteiger partial charge in [-0.25, -0.2) is 15.8 Å². The molecule has 1 aromatic heterocycles. The van der Waals surface area contributed by atoms with Gasteiger partial charge in [-0.05, 0) is 19.6 Å². The Kier molecular flexibility index (Phi) is 6.90. The summed E-state index contributed by atoms with van der Waals surface area (Å²) in [5, 5.41) is 0.705. The zero-order valence-electron chi connectivity index (χ0n) is 12.0. The highest BCUT2D eigenvalue weighted by molar-refractivity contribution is 7.98. The first-order valence-corrected chi connectivity index (χ1v) is 7.54. The van der Waals surface area contributed by atoms with Crippen LogP contribution < -0.4 is 16.2 Å². The van der Waals surface area contributed by atoms with Crippen LogP contribution >= 0.6 is 11.8 Å². The minimum absolute atomic E-state index is 0.380. The van der Waals surface area contributed by atoms with E-state index in [4.69, 9.17) is 10.6 Å². The second-order valence-corrected chi connectivity index (χ2v) is 4.96. The predicted octanol–water partition coefficient (Wildman–Crippen LogP) is 1.74. The van der Waals surface area contributed by atoms with E-state index in [9.17, 15) is 0 Å². The Labute approximate surface area is 119 Å². The van der Waals surface area contributed by atoms with Crippen molar-refractivity contribution in [3.05, 3.63) is 6.07 Å². The molecule has 0 aromatic carbocycles. The molecule has 0 spiro atoms. The molecule has 108 valence electrons. The second-order valence-electron chi connectivity index (χ2n) is 4.19. The molecule has 7 heteroatoms. The molecule has 1 rings (SSSR count). The largest absolute Gasteiger partial charge is 0.383 e. The zero-order valence-corrected chi connectivity index (χ0v) is 12.8. The summed E-state index contributed by atoms with van der Waals surface area (Å²) < 4.78 is 5.17. The Balaban J connectivity index is 3.05. The molecule has 0 saturated heterocycles. The molecule has 0 fully saturated rings. The maximum atomic E-state index is 5.46. The highest BCUT2D eigenvalue weighted by Crippen LogP contribution is 2.22. The standard InChI is InChI=1S/C12H23N5OS/c1-5-9(2)17(6-7-18-3)11-8-10(16-13)14-12(15-11)19-4/h8-9H,5-7,13H2,1-4H3,(H,14,15,16). The molecule has 1 heterocycles. The third-order valence-electron chi connectivity index (χ3n) is 2.98. The fraction of sp³-hybridized carbons (Fsp3) is 0.667. The van der Waals surface area contributed by atoms with Gasteiger partial charge >= 0.3 is 0 Å². The summed E-state index contributed by atoms with van der Waals surface area (Å²) in [7, 11) is 1.70. The Hall–Kier alpha value is -1.05. The van der Waals surface area contributed by atoms with Crippen molar-refractivity contribution in [1.29, 1.82) is 0 Å². The SMILES string of the molecule is CCC(C)N(CCOC)c1cc(NN)nc(SC)n1. The average Bonchev–Trinajstić information content (AvgIpc) is 2.46. The fourth-order valence-corrected chi connectivity index (χ4v) is 2.07. The highest BCUT2D eigenvalue weighted by Gasteiger charge is 2.16. The molecule has 3 N–H and O–H groups in total. The lowest BCUT2D eigenvalue weighted by atomic mass is 10.2. The Morgan fingerprint density at radius 3 is 2.79 bits per heavy atom. The molecule has 19 heavy (non-hydrogen) atoms. The van der Waals surface area contributed by atoms with Gasteiger partial charge in [-0.1, -0.05) is 18.7 Å². The molecular weight excluding hydrogens is 262 g/mol. The Morgan fingerprint density at radius 2 is 2.26 bits per heavy atom. The van der Waals surface area contributed by atoms with E-state index in [1.165, 1.54) is 11.8 Å². The van der Waals surface area contributed by atoms with Gasteiger partial charge in [0.1, 0.15) is 11.6 Å². The van der Waals surface area contributed by atoms with Crippen molar-refractivity contribution in [3.8, 4) is 0 Å². The number of nitrogen functional groups attached to an aromatic ring is 1. The van der Waals surface area contributed by atoms with Crippen molar-refractivity contribution in [1.82, 2.24) is 9.97 Å². The number of aromatic nitrogens is 2. The van der Waals surface area contributed by atoms with E-state index in [1.54, 1.807) is 7.11 Å². The van der Waals surface area contributed by atoms with E-state index in [0.717, 1.165) is 18.8 Å². The average molecular weight is 285 g/mol. The van der Waals surface area contributed by atoms with Crippen LogP contribution in [-0.2, 0) is 4.74 Å². The third-order valence-corrected chi connectivity index (χ3v) is 3.52. The van der Waals surface area contributed by atoms with Gasteiger partial charge in [0.15, 0.2) is 5.16 Å². The number of nitrogens with zero attached hydrogens (tertiary/aromatic N) is 3. The smallest absolute Gasteiger partial charge is 0.191 e. The molecule has 1 aromatic rings. The molecule has 1 atom stereocenters. The first kappa shape index (κ1) is 16.0. The van der Waals surface area contributed by atoms with Gasteiger partial charge in [-0.2, -0.15) is 0 Å². The quantitative estimate of drug-likeness (QED) is 0.326. The lowest BCUT2D eigenvalue weighted by molar-refractivity contribution is 0.203. The van der Waals surface area contributed by atoms with E-state index < -0.39 is 0 Å². The first-order chi connectivity index (χ1) is 9.15. The van der Waals surface area contributed by atoms with Crippen LogP contribution in [0.4, 0.5) is 11.6 Å². The summed E-state index contributed by atoms with van der Waals surface area (Å²) >= 11 is 1.50. The van der Waals surface area contributed by atoms with Crippen LogP contribution in [0.3, 0.4) is 0 Å². The van der Waals surface area contributed by atoms with Crippen molar-refractivity contribution < 1.29 is 4.74 Å². The lowest BCUT2D eigenvalue weighted by Gasteiger charge is -2.29. The number of hydrogen-bond acceptors (Lipinski definition) is 7. The lowest BCUT2D eigenvalue weighted by Crippen LogP contribution is -2.36. The van der Waals surface area contributed by atoms with E-state index in [0.29, 0.717) is 23.6 Å². The van der Waals surface area contributed by atoms with Crippen LogP contribution in [0.15, 0.2) is 11.2 Å². The molecule has 1 unspecified atom stereocenters. The van der Waals surface area contributed by atoms with Crippen LogP contribution in [0.2, 0.25) is 0 Å². The van der Waals surface area contributed by atoms with Crippen LogP contribution in [0.25, 0.3) is 0 Å². The van der Waals surface area contributed by atoms with Crippen LogP contribution in [0, 0.1) is 0 Å². The molecule has 0 aliphatic heterocycles. The van der Waals surface area contributed by atoms with Gasteiger partial charge in [-0.15, -0.1) is 0 Å². The second kappa shape index (κ2) is 8.19. The van der Waals surface area contributed by atoms with Crippen LogP contribution in [0.5, 0.6) is 0 Å². The van der Waals surface area contributed by atoms with E-state index in [1.807, 2.05) is 12.3 Å². The summed E-state index contributed by atoms with van der Waals surface area (Å²) in [6, 6.07) is 2.24. The summed E-state index contributed by atoms with van der Waals surface area (Å²) in [4.78, 5) is 11.0. The van der Waals surface area contributed by atoms with Gasteiger partial charge < -0.3 is 15.1 Å². The minimum Gasteiger partial charge on any atom is -0.383 e. The van der Waals surface area contributed by atoms with Crippen molar-refractivity contribution in [3.63, 3.8) is 0 Å². The Morgan fingerprint density at radius 1 is 1.53 bits per heavy atom. The summed E-state index contributed by atoms with van der Waals surface area (Å²) in [6.07, 6.45) is 2.98. The maximum absolute atomic E-state index is 5.46.